The Morgan fingerprint density at radius 1 is 1.07 bits per heavy atom. The molecule has 4 aromatic rings. The topological polar surface area (TPSA) is 144 Å². The predicted molar refractivity (Wildman–Crippen MR) is 157 cm³/mol. The lowest BCUT2D eigenvalue weighted by atomic mass is 9.84. The van der Waals surface area contributed by atoms with Gasteiger partial charge in [-0.05, 0) is 31.2 Å². The molecule has 0 aliphatic carbocycles. The van der Waals surface area contributed by atoms with Crippen molar-refractivity contribution in [2.75, 3.05) is 41.8 Å². The number of carbonyl (C=O) groups excluding carboxylic acids is 2. The summed E-state index contributed by atoms with van der Waals surface area (Å²) in [7, 11) is -2.94. The summed E-state index contributed by atoms with van der Waals surface area (Å²) in [6.07, 6.45) is 9.75. The molecule has 2 aliphatic rings. The molecule has 41 heavy (non-hydrogen) atoms. The Kier molecular flexibility index (Phi) is 6.94. The number of aromatic nitrogens is 5. The van der Waals surface area contributed by atoms with Crippen molar-refractivity contribution in [3.63, 3.8) is 0 Å². The van der Waals surface area contributed by atoms with Crippen LogP contribution >= 0.6 is 11.3 Å². The highest BCUT2D eigenvalue weighted by Crippen LogP contribution is 2.33. The molecular weight excluding hydrogens is 564 g/mol. The molecule has 2 amide bonds. The fourth-order valence-corrected chi connectivity index (χ4v) is 7.98. The van der Waals surface area contributed by atoms with Gasteiger partial charge in [0.05, 0.1) is 70.2 Å². The van der Waals surface area contributed by atoms with Crippen LogP contribution in [0.25, 0.3) is 15.3 Å². The minimum Gasteiger partial charge on any atom is -0.324 e. The number of likely N-dealkylation sites (tertiary alicyclic amines) is 1. The summed E-state index contributed by atoms with van der Waals surface area (Å²) in [4.78, 5) is 33.8. The van der Waals surface area contributed by atoms with Crippen LogP contribution in [0.15, 0.2) is 37.1 Å². The Labute approximate surface area is 241 Å². The van der Waals surface area contributed by atoms with Crippen molar-refractivity contribution in [1.29, 1.82) is 0 Å². The van der Waals surface area contributed by atoms with E-state index in [9.17, 15) is 18.0 Å². The number of amides is 2. The monoisotopic (exact) mass is 596 g/mol. The summed E-state index contributed by atoms with van der Waals surface area (Å²) < 4.78 is 27.1. The number of aryl methyl sites for hydroxylation is 1. The zero-order valence-electron chi connectivity index (χ0n) is 23.1. The summed E-state index contributed by atoms with van der Waals surface area (Å²) >= 11 is 1.42. The molecule has 2 aliphatic heterocycles. The average molecular weight is 597 g/mol. The van der Waals surface area contributed by atoms with Crippen molar-refractivity contribution in [3.8, 4) is 10.4 Å². The van der Waals surface area contributed by atoms with Gasteiger partial charge >= 0.3 is 0 Å². The smallest absolute Gasteiger partial charge is 0.260 e. The van der Waals surface area contributed by atoms with Crippen LogP contribution in [0.2, 0.25) is 0 Å². The van der Waals surface area contributed by atoms with Crippen molar-refractivity contribution in [2.24, 2.45) is 5.41 Å². The molecule has 2 fully saturated rings. The summed E-state index contributed by atoms with van der Waals surface area (Å²) in [6.45, 7) is 8.22. The summed E-state index contributed by atoms with van der Waals surface area (Å²) in [5, 5.41) is 14.6. The first-order chi connectivity index (χ1) is 19.4. The maximum atomic E-state index is 13.3. The zero-order valence-corrected chi connectivity index (χ0v) is 24.8. The summed E-state index contributed by atoms with van der Waals surface area (Å²) in [5.41, 5.74) is 3.19. The number of thiazole rings is 1. The van der Waals surface area contributed by atoms with E-state index in [4.69, 9.17) is 0 Å². The van der Waals surface area contributed by atoms with Gasteiger partial charge in [0, 0.05) is 31.0 Å². The Bertz CT molecular complexity index is 1730. The van der Waals surface area contributed by atoms with Crippen LogP contribution in [0.3, 0.4) is 0 Å². The average Bonchev–Trinajstić information content (AvgIpc) is 3.61. The number of hydrogen-bond acceptors (Lipinski definition) is 9. The van der Waals surface area contributed by atoms with E-state index in [1.54, 1.807) is 29.9 Å². The third-order valence-electron chi connectivity index (χ3n) is 7.51. The molecule has 0 saturated carbocycles. The first-order valence-electron chi connectivity index (χ1n) is 13.5. The number of fused-ring (bicyclic) bond motifs is 1. The third kappa shape index (κ3) is 5.90. The Morgan fingerprint density at radius 3 is 2.56 bits per heavy atom. The molecule has 0 aromatic carbocycles. The lowest BCUT2D eigenvalue weighted by molar-refractivity contribution is -0.120. The van der Waals surface area contributed by atoms with Crippen molar-refractivity contribution in [3.05, 3.63) is 48.3 Å². The molecule has 14 heteroatoms. The first kappa shape index (κ1) is 27.5. The Hall–Kier alpha value is -3.62. The molecule has 2 saturated heterocycles. The van der Waals surface area contributed by atoms with E-state index in [1.807, 2.05) is 17.1 Å². The number of nitrogens with one attached hydrogen (secondary N) is 2. The fourth-order valence-electron chi connectivity index (χ4n) is 5.48. The van der Waals surface area contributed by atoms with Gasteiger partial charge in [-0.3, -0.25) is 24.2 Å². The van der Waals surface area contributed by atoms with Gasteiger partial charge in [-0.15, -0.1) is 11.3 Å². The standard InChI is InChI=1S/C27H32N8O4S2/c1-17-22(8-19(10-28-17)31-24(36)14-33-15-27(2,3)16-33)32-25(37)21-11-30-35-13-23(40-26(21)35)18-9-29-34(12-18)20-4-6-41(38,39)7-5-20/h8-13,20H,4-7,14-16H2,1-3H3,(H,31,36)(H,32,37). The second kappa shape index (κ2) is 10.3. The van der Waals surface area contributed by atoms with E-state index in [-0.39, 0.29) is 34.8 Å². The van der Waals surface area contributed by atoms with Crippen LogP contribution in [-0.4, -0.2) is 80.7 Å². The largest absolute Gasteiger partial charge is 0.324 e. The van der Waals surface area contributed by atoms with Crippen molar-refractivity contribution in [2.45, 2.75) is 39.7 Å². The van der Waals surface area contributed by atoms with E-state index in [2.05, 4.69) is 44.6 Å². The van der Waals surface area contributed by atoms with Crippen LogP contribution in [0.1, 0.15) is 48.8 Å². The van der Waals surface area contributed by atoms with Crippen LogP contribution in [0.4, 0.5) is 11.4 Å². The van der Waals surface area contributed by atoms with Crippen molar-refractivity contribution in [1.82, 2.24) is 29.3 Å². The maximum absolute atomic E-state index is 13.3. The minimum absolute atomic E-state index is 0.0536. The Morgan fingerprint density at radius 2 is 1.83 bits per heavy atom. The van der Waals surface area contributed by atoms with E-state index in [1.165, 1.54) is 17.5 Å². The number of carbonyl (C=O) groups is 2. The number of hydrogen-bond donors (Lipinski definition) is 2. The second-order valence-corrected chi connectivity index (χ2v) is 15.0. The van der Waals surface area contributed by atoms with Gasteiger partial charge in [0.1, 0.15) is 14.7 Å². The Balaban J connectivity index is 1.14. The predicted octanol–water partition coefficient (Wildman–Crippen LogP) is 3.25. The van der Waals surface area contributed by atoms with Gasteiger partial charge in [-0.25, -0.2) is 12.9 Å². The highest BCUT2D eigenvalue weighted by molar-refractivity contribution is 7.91. The quantitative estimate of drug-likeness (QED) is 0.331. The van der Waals surface area contributed by atoms with Gasteiger partial charge in [0.2, 0.25) is 5.91 Å². The summed E-state index contributed by atoms with van der Waals surface area (Å²) in [6, 6.07) is 1.77. The van der Waals surface area contributed by atoms with E-state index >= 15 is 0 Å². The second-order valence-electron chi connectivity index (χ2n) is 11.7. The fraction of sp³-hybridized carbons (Fsp3) is 0.444. The van der Waals surface area contributed by atoms with Crippen molar-refractivity contribution >= 4 is 49.2 Å². The van der Waals surface area contributed by atoms with E-state index in [0.717, 1.165) is 23.5 Å². The zero-order chi connectivity index (χ0) is 28.9. The molecule has 4 aromatic heterocycles. The number of pyridine rings is 1. The van der Waals surface area contributed by atoms with Crippen LogP contribution in [-0.2, 0) is 14.6 Å². The molecule has 0 unspecified atom stereocenters. The molecule has 2 N–H and O–H groups in total. The molecule has 0 radical (unpaired) electrons. The van der Waals surface area contributed by atoms with Gasteiger partial charge in [-0.1, -0.05) is 13.8 Å². The molecule has 0 spiro atoms. The van der Waals surface area contributed by atoms with Crippen LogP contribution in [0, 0.1) is 12.3 Å². The number of anilines is 2. The lowest BCUT2D eigenvalue weighted by Crippen LogP contribution is -2.54. The molecule has 6 rings (SSSR count). The van der Waals surface area contributed by atoms with E-state index in [0.29, 0.717) is 46.8 Å². The van der Waals surface area contributed by atoms with Gasteiger partial charge in [0.25, 0.3) is 5.91 Å². The van der Waals surface area contributed by atoms with E-state index < -0.39 is 9.84 Å². The molecular formula is C27H32N8O4S2. The van der Waals surface area contributed by atoms with Gasteiger partial charge in [0.15, 0.2) is 0 Å². The molecule has 216 valence electrons. The molecule has 0 atom stereocenters. The highest BCUT2D eigenvalue weighted by atomic mass is 32.2. The number of sulfone groups is 1. The first-order valence-corrected chi connectivity index (χ1v) is 16.1. The summed E-state index contributed by atoms with van der Waals surface area (Å²) in [5.74, 6) is -0.0904. The van der Waals surface area contributed by atoms with Gasteiger partial charge < -0.3 is 10.6 Å². The maximum Gasteiger partial charge on any atom is 0.260 e. The third-order valence-corrected chi connectivity index (χ3v) is 10.4. The highest BCUT2D eigenvalue weighted by Gasteiger charge is 2.34. The lowest BCUT2D eigenvalue weighted by Gasteiger charge is -2.45. The van der Waals surface area contributed by atoms with Crippen LogP contribution < -0.4 is 10.6 Å². The molecule has 12 nitrogen and oxygen atoms in total. The minimum atomic E-state index is -2.94. The normalized spacial score (nSPS) is 18.7. The molecule has 0 bridgehead atoms. The van der Waals surface area contributed by atoms with Crippen molar-refractivity contribution < 1.29 is 18.0 Å². The SMILES string of the molecule is Cc1ncc(NC(=O)CN2CC(C)(C)C2)cc1NC(=O)c1cnn2cc(-c3cnn(C4CCS(=O)(=O)CC4)c3)sc12. The molecule has 6 heterocycles. The number of rotatable bonds is 7. The van der Waals surface area contributed by atoms with Gasteiger partial charge in [-0.2, -0.15) is 10.2 Å². The van der Waals surface area contributed by atoms with Crippen LogP contribution in [0.5, 0.6) is 0 Å². The number of nitrogens with zero attached hydrogens (tertiary/aromatic N) is 6.